The second-order valence-corrected chi connectivity index (χ2v) is 6.55. The van der Waals surface area contributed by atoms with Gasteiger partial charge in [-0.3, -0.25) is 14.4 Å². The van der Waals surface area contributed by atoms with E-state index in [0.29, 0.717) is 6.42 Å². The lowest BCUT2D eigenvalue weighted by molar-refractivity contribution is -0.144. The monoisotopic (exact) mass is 358 g/mol. The molecule has 0 heterocycles. The molecule has 0 saturated heterocycles. The van der Waals surface area contributed by atoms with E-state index in [9.17, 15) is 24.3 Å². The van der Waals surface area contributed by atoms with Gasteiger partial charge < -0.3 is 27.2 Å². The first-order valence-corrected chi connectivity index (χ1v) is 8.38. The molecule has 25 heavy (non-hydrogen) atoms. The van der Waals surface area contributed by atoms with Crippen molar-refractivity contribution in [1.29, 1.82) is 0 Å². The van der Waals surface area contributed by atoms with Gasteiger partial charge in [-0.25, -0.2) is 4.79 Å². The van der Waals surface area contributed by atoms with Crippen LogP contribution in [-0.2, 0) is 19.2 Å². The third kappa shape index (κ3) is 7.97. The van der Waals surface area contributed by atoms with Gasteiger partial charge in [0.05, 0.1) is 6.04 Å². The SMILES string of the molecule is CCC(C)C(NC(=O)C(NC(=O)C(N)CCC(N)=O)C(C)C)C(=O)O. The number of primary amides is 1. The lowest BCUT2D eigenvalue weighted by Crippen LogP contribution is -2.57. The van der Waals surface area contributed by atoms with Crippen LogP contribution in [0.5, 0.6) is 0 Å². The Bertz CT molecular complexity index is 495. The Morgan fingerprint density at radius 1 is 1.00 bits per heavy atom. The molecule has 0 aliphatic heterocycles. The molecule has 0 aromatic heterocycles. The summed E-state index contributed by atoms with van der Waals surface area (Å²) in [6.45, 7) is 6.99. The van der Waals surface area contributed by atoms with E-state index in [2.05, 4.69) is 10.6 Å². The predicted molar refractivity (Wildman–Crippen MR) is 92.2 cm³/mol. The number of carboxylic acid groups (broad SMARTS) is 1. The smallest absolute Gasteiger partial charge is 0.326 e. The van der Waals surface area contributed by atoms with Gasteiger partial charge in [-0.15, -0.1) is 0 Å². The van der Waals surface area contributed by atoms with Gasteiger partial charge in [-0.2, -0.15) is 0 Å². The number of nitrogens with one attached hydrogen (secondary N) is 2. The second-order valence-electron chi connectivity index (χ2n) is 6.55. The van der Waals surface area contributed by atoms with E-state index in [-0.39, 0.29) is 24.7 Å². The van der Waals surface area contributed by atoms with Crippen LogP contribution in [0.15, 0.2) is 0 Å². The molecule has 0 saturated carbocycles. The Morgan fingerprint density at radius 2 is 1.52 bits per heavy atom. The number of amides is 3. The Labute approximate surface area is 147 Å². The number of carbonyl (C=O) groups is 4. The highest BCUT2D eigenvalue weighted by Gasteiger charge is 2.31. The highest BCUT2D eigenvalue weighted by Crippen LogP contribution is 2.10. The lowest BCUT2D eigenvalue weighted by Gasteiger charge is -2.27. The van der Waals surface area contributed by atoms with Gasteiger partial charge in [0.2, 0.25) is 17.7 Å². The van der Waals surface area contributed by atoms with E-state index in [1.807, 2.05) is 6.92 Å². The van der Waals surface area contributed by atoms with Crippen molar-refractivity contribution in [3.05, 3.63) is 0 Å². The molecule has 0 aromatic rings. The van der Waals surface area contributed by atoms with E-state index >= 15 is 0 Å². The summed E-state index contributed by atoms with van der Waals surface area (Å²) in [4.78, 5) is 46.6. The van der Waals surface area contributed by atoms with Crippen LogP contribution in [0.1, 0.15) is 47.0 Å². The van der Waals surface area contributed by atoms with Crippen molar-refractivity contribution < 1.29 is 24.3 Å². The third-order valence-corrected chi connectivity index (χ3v) is 4.06. The highest BCUT2D eigenvalue weighted by atomic mass is 16.4. The normalized spacial score (nSPS) is 15.8. The Kier molecular flexibility index (Phi) is 9.73. The maximum atomic E-state index is 12.4. The van der Waals surface area contributed by atoms with Crippen molar-refractivity contribution in [2.75, 3.05) is 0 Å². The van der Waals surface area contributed by atoms with Gasteiger partial charge in [0, 0.05) is 6.42 Å². The van der Waals surface area contributed by atoms with Crippen LogP contribution in [0.2, 0.25) is 0 Å². The molecule has 0 aliphatic carbocycles. The number of nitrogens with two attached hydrogens (primary N) is 2. The first kappa shape index (κ1) is 22.8. The Hall–Kier alpha value is -2.16. The summed E-state index contributed by atoms with van der Waals surface area (Å²) in [5.41, 5.74) is 10.7. The van der Waals surface area contributed by atoms with Gasteiger partial charge in [0.15, 0.2) is 0 Å². The van der Waals surface area contributed by atoms with E-state index in [1.165, 1.54) is 0 Å². The number of carbonyl (C=O) groups excluding carboxylic acids is 3. The quantitative estimate of drug-likeness (QED) is 0.329. The molecule has 0 rings (SSSR count). The zero-order chi connectivity index (χ0) is 19.7. The van der Waals surface area contributed by atoms with Crippen LogP contribution in [0.25, 0.3) is 0 Å². The van der Waals surface area contributed by atoms with Gasteiger partial charge >= 0.3 is 5.97 Å². The molecular weight excluding hydrogens is 328 g/mol. The summed E-state index contributed by atoms with van der Waals surface area (Å²) in [5.74, 6) is -3.42. The average Bonchev–Trinajstić information content (AvgIpc) is 2.53. The Balaban J connectivity index is 4.97. The molecule has 4 unspecified atom stereocenters. The fourth-order valence-corrected chi connectivity index (χ4v) is 2.15. The molecule has 0 bridgehead atoms. The van der Waals surface area contributed by atoms with E-state index in [4.69, 9.17) is 11.5 Å². The molecular formula is C16H30N4O5. The third-order valence-electron chi connectivity index (χ3n) is 4.06. The van der Waals surface area contributed by atoms with Gasteiger partial charge in [0.25, 0.3) is 0 Å². The second kappa shape index (κ2) is 10.7. The zero-order valence-electron chi connectivity index (χ0n) is 15.2. The molecule has 144 valence electrons. The van der Waals surface area contributed by atoms with Crippen molar-refractivity contribution >= 4 is 23.7 Å². The summed E-state index contributed by atoms with van der Waals surface area (Å²) in [6.07, 6.45) is 0.606. The van der Waals surface area contributed by atoms with Crippen LogP contribution in [-0.4, -0.2) is 46.9 Å². The average molecular weight is 358 g/mol. The molecule has 0 aromatic carbocycles. The van der Waals surface area contributed by atoms with Crippen LogP contribution in [0, 0.1) is 11.8 Å². The fourth-order valence-electron chi connectivity index (χ4n) is 2.15. The number of hydrogen-bond donors (Lipinski definition) is 5. The molecule has 3 amide bonds. The molecule has 0 aliphatic rings. The first-order valence-electron chi connectivity index (χ1n) is 8.38. The highest BCUT2D eigenvalue weighted by molar-refractivity contribution is 5.92. The first-order chi connectivity index (χ1) is 11.5. The summed E-state index contributed by atoms with van der Waals surface area (Å²) in [6, 6.07) is -2.95. The van der Waals surface area contributed by atoms with E-state index < -0.39 is 41.8 Å². The van der Waals surface area contributed by atoms with Crippen LogP contribution < -0.4 is 22.1 Å². The standard InChI is InChI=1S/C16H30N4O5/c1-5-9(4)13(16(24)25)20-15(23)12(8(2)3)19-14(22)10(17)6-7-11(18)21/h8-10,12-13H,5-7,17H2,1-4H3,(H2,18,21)(H,19,22)(H,20,23)(H,24,25). The minimum Gasteiger partial charge on any atom is -0.480 e. The zero-order valence-corrected chi connectivity index (χ0v) is 15.2. The summed E-state index contributed by atoms with van der Waals surface area (Å²) in [5, 5.41) is 14.3. The molecule has 0 spiro atoms. The summed E-state index contributed by atoms with van der Waals surface area (Å²) in [7, 11) is 0. The topological polar surface area (TPSA) is 165 Å². The van der Waals surface area contributed by atoms with Gasteiger partial charge in [0.1, 0.15) is 12.1 Å². The number of carboxylic acids is 1. The minimum atomic E-state index is -1.13. The molecule has 0 fully saturated rings. The van der Waals surface area contributed by atoms with E-state index in [1.54, 1.807) is 20.8 Å². The van der Waals surface area contributed by atoms with Gasteiger partial charge in [-0.05, 0) is 18.3 Å². The summed E-state index contributed by atoms with van der Waals surface area (Å²) >= 11 is 0. The van der Waals surface area contributed by atoms with Crippen molar-refractivity contribution in [3.63, 3.8) is 0 Å². The van der Waals surface area contributed by atoms with Crippen LogP contribution >= 0.6 is 0 Å². The Morgan fingerprint density at radius 3 is 1.92 bits per heavy atom. The minimum absolute atomic E-state index is 0.0395. The van der Waals surface area contributed by atoms with Crippen LogP contribution in [0.4, 0.5) is 0 Å². The largest absolute Gasteiger partial charge is 0.480 e. The summed E-state index contributed by atoms with van der Waals surface area (Å²) < 4.78 is 0. The molecule has 9 nitrogen and oxygen atoms in total. The predicted octanol–water partition coefficient (Wildman–Crippen LogP) is -0.664. The van der Waals surface area contributed by atoms with E-state index in [0.717, 1.165) is 0 Å². The van der Waals surface area contributed by atoms with Crippen LogP contribution in [0.3, 0.4) is 0 Å². The fraction of sp³-hybridized carbons (Fsp3) is 0.750. The molecule has 4 atom stereocenters. The lowest BCUT2D eigenvalue weighted by atomic mass is 9.97. The van der Waals surface area contributed by atoms with Gasteiger partial charge in [-0.1, -0.05) is 34.1 Å². The maximum Gasteiger partial charge on any atom is 0.326 e. The number of hydrogen-bond acceptors (Lipinski definition) is 5. The molecule has 7 N–H and O–H groups in total. The van der Waals surface area contributed by atoms with Crippen molar-refractivity contribution in [1.82, 2.24) is 10.6 Å². The number of aliphatic carboxylic acids is 1. The van der Waals surface area contributed by atoms with Crippen molar-refractivity contribution in [2.45, 2.75) is 65.1 Å². The van der Waals surface area contributed by atoms with Crippen molar-refractivity contribution in [2.24, 2.45) is 23.3 Å². The number of rotatable bonds is 11. The van der Waals surface area contributed by atoms with Crippen molar-refractivity contribution in [3.8, 4) is 0 Å². The maximum absolute atomic E-state index is 12.4. The molecule has 9 heteroatoms. The molecule has 0 radical (unpaired) electrons.